The Morgan fingerprint density at radius 1 is 1.19 bits per heavy atom. The first-order valence-corrected chi connectivity index (χ1v) is 9.98. The Morgan fingerprint density at radius 3 is 2.78 bits per heavy atom. The molecule has 0 aromatic carbocycles. The summed E-state index contributed by atoms with van der Waals surface area (Å²) in [4.78, 5) is 26.9. The average molecular weight is 367 g/mol. The molecule has 2 aliphatic carbocycles. The molecule has 3 aliphatic rings. The minimum atomic E-state index is -0.0559. The van der Waals surface area contributed by atoms with Gasteiger partial charge in [-0.1, -0.05) is 6.42 Å². The Bertz CT molecular complexity index is 875. The summed E-state index contributed by atoms with van der Waals surface area (Å²) in [5, 5.41) is 7.59. The van der Waals surface area contributed by atoms with Gasteiger partial charge in [0.2, 0.25) is 5.91 Å². The molecule has 2 saturated carbocycles. The summed E-state index contributed by atoms with van der Waals surface area (Å²) in [6.07, 6.45) is 7.53. The van der Waals surface area contributed by atoms with E-state index in [9.17, 15) is 9.59 Å². The minimum Gasteiger partial charge on any atom is -0.345 e. The molecule has 0 atom stereocenters. The molecule has 3 heterocycles. The fourth-order valence-electron chi connectivity index (χ4n) is 4.03. The number of fused-ring (bicyclic) bond motifs is 1. The van der Waals surface area contributed by atoms with Gasteiger partial charge in [0.1, 0.15) is 5.69 Å². The van der Waals surface area contributed by atoms with E-state index in [0.717, 1.165) is 55.9 Å². The standard InChI is InChI=1S/C20H25N5O2/c26-19(18-5-2-8-24(18)16-6-7-16)21-12-15-11-17-13-23(9-10-25(17)22-15)20(27)14-3-1-4-14/h2,5,8,11,14,16H,1,3-4,6-7,9-10,12-13H2,(H,21,26). The molecule has 2 aromatic rings. The maximum Gasteiger partial charge on any atom is 0.268 e. The molecule has 7 nitrogen and oxygen atoms in total. The molecule has 1 aliphatic heterocycles. The largest absolute Gasteiger partial charge is 0.345 e. The lowest BCUT2D eigenvalue weighted by Gasteiger charge is -2.34. The zero-order chi connectivity index (χ0) is 18.4. The van der Waals surface area contributed by atoms with Gasteiger partial charge >= 0.3 is 0 Å². The van der Waals surface area contributed by atoms with Crippen molar-refractivity contribution in [1.29, 1.82) is 0 Å². The number of nitrogens with zero attached hydrogens (tertiary/aromatic N) is 4. The van der Waals surface area contributed by atoms with Crippen molar-refractivity contribution in [3.8, 4) is 0 Å². The van der Waals surface area contributed by atoms with E-state index in [1.54, 1.807) is 0 Å². The maximum atomic E-state index is 12.5. The van der Waals surface area contributed by atoms with E-state index in [1.165, 1.54) is 6.42 Å². The molecular formula is C20H25N5O2. The van der Waals surface area contributed by atoms with Gasteiger partial charge in [-0.05, 0) is 43.9 Å². The van der Waals surface area contributed by atoms with Crippen LogP contribution in [0, 0.1) is 5.92 Å². The maximum absolute atomic E-state index is 12.5. The lowest BCUT2D eigenvalue weighted by molar-refractivity contribution is -0.139. The summed E-state index contributed by atoms with van der Waals surface area (Å²) >= 11 is 0. The zero-order valence-corrected chi connectivity index (χ0v) is 15.4. The predicted molar refractivity (Wildman–Crippen MR) is 98.9 cm³/mol. The van der Waals surface area contributed by atoms with Crippen molar-refractivity contribution in [3.05, 3.63) is 41.5 Å². The highest BCUT2D eigenvalue weighted by molar-refractivity contribution is 5.92. The van der Waals surface area contributed by atoms with E-state index in [1.807, 2.05) is 34.0 Å². The third-order valence-corrected chi connectivity index (χ3v) is 6.00. The van der Waals surface area contributed by atoms with Crippen molar-refractivity contribution in [2.45, 2.75) is 57.8 Å². The van der Waals surface area contributed by atoms with Crippen LogP contribution in [-0.2, 0) is 24.4 Å². The number of rotatable bonds is 5. The summed E-state index contributed by atoms with van der Waals surface area (Å²) in [5.74, 6) is 0.477. The van der Waals surface area contributed by atoms with E-state index in [2.05, 4.69) is 15.0 Å². The van der Waals surface area contributed by atoms with Gasteiger partial charge in [-0.2, -0.15) is 5.10 Å². The van der Waals surface area contributed by atoms with Crippen LogP contribution >= 0.6 is 0 Å². The number of amides is 2. The normalized spacial score (nSPS) is 19.5. The smallest absolute Gasteiger partial charge is 0.268 e. The Hall–Kier alpha value is -2.57. The molecular weight excluding hydrogens is 342 g/mol. The van der Waals surface area contributed by atoms with Crippen molar-refractivity contribution in [2.24, 2.45) is 5.92 Å². The van der Waals surface area contributed by atoms with Gasteiger partial charge in [-0.3, -0.25) is 14.3 Å². The average Bonchev–Trinajstić information content (AvgIpc) is 3.20. The Balaban J connectivity index is 1.21. The summed E-state index contributed by atoms with van der Waals surface area (Å²) in [5.41, 5.74) is 2.62. The Morgan fingerprint density at radius 2 is 2.04 bits per heavy atom. The summed E-state index contributed by atoms with van der Waals surface area (Å²) in [6.45, 7) is 2.49. The van der Waals surface area contributed by atoms with Gasteiger partial charge in [-0.15, -0.1) is 0 Å². The molecule has 2 aromatic heterocycles. The van der Waals surface area contributed by atoms with Crippen LogP contribution in [0.1, 0.15) is 60.0 Å². The number of hydrogen-bond donors (Lipinski definition) is 1. The molecule has 27 heavy (non-hydrogen) atoms. The molecule has 5 rings (SSSR count). The van der Waals surface area contributed by atoms with Gasteiger partial charge in [0.05, 0.1) is 31.0 Å². The van der Waals surface area contributed by atoms with Crippen LogP contribution in [0.4, 0.5) is 0 Å². The Kier molecular flexibility index (Phi) is 4.02. The topological polar surface area (TPSA) is 72.2 Å². The van der Waals surface area contributed by atoms with Crippen LogP contribution < -0.4 is 5.32 Å². The number of carbonyl (C=O) groups excluding carboxylic acids is 2. The van der Waals surface area contributed by atoms with Crippen LogP contribution in [0.5, 0.6) is 0 Å². The van der Waals surface area contributed by atoms with Gasteiger partial charge in [0.15, 0.2) is 0 Å². The number of nitrogens with one attached hydrogen (secondary N) is 1. The second-order valence-corrected chi connectivity index (χ2v) is 7.95. The quantitative estimate of drug-likeness (QED) is 0.880. The third kappa shape index (κ3) is 3.15. The first-order chi connectivity index (χ1) is 13.2. The van der Waals surface area contributed by atoms with Crippen molar-refractivity contribution < 1.29 is 9.59 Å². The van der Waals surface area contributed by atoms with Crippen LogP contribution in [0.3, 0.4) is 0 Å². The Labute approximate surface area is 158 Å². The van der Waals surface area contributed by atoms with Crippen molar-refractivity contribution in [3.63, 3.8) is 0 Å². The van der Waals surface area contributed by atoms with Crippen LogP contribution in [0.2, 0.25) is 0 Å². The van der Waals surface area contributed by atoms with Crippen molar-refractivity contribution in [1.82, 2.24) is 24.6 Å². The molecule has 0 spiro atoms. The third-order valence-electron chi connectivity index (χ3n) is 6.00. The molecule has 0 saturated heterocycles. The van der Waals surface area contributed by atoms with Crippen LogP contribution in [0.15, 0.2) is 24.4 Å². The zero-order valence-electron chi connectivity index (χ0n) is 15.4. The van der Waals surface area contributed by atoms with Crippen molar-refractivity contribution >= 4 is 11.8 Å². The SMILES string of the molecule is O=C(NCc1cc2n(n1)CCN(C(=O)C1CCC1)C2)c1cccn1C1CC1. The number of hydrogen-bond acceptors (Lipinski definition) is 3. The van der Waals surface area contributed by atoms with Gasteiger partial charge in [0.25, 0.3) is 5.91 Å². The van der Waals surface area contributed by atoms with E-state index < -0.39 is 0 Å². The van der Waals surface area contributed by atoms with Gasteiger partial charge in [-0.25, -0.2) is 0 Å². The van der Waals surface area contributed by atoms with E-state index in [0.29, 0.717) is 25.0 Å². The summed E-state index contributed by atoms with van der Waals surface area (Å²) < 4.78 is 4.04. The highest BCUT2D eigenvalue weighted by Gasteiger charge is 2.31. The predicted octanol–water partition coefficient (Wildman–Crippen LogP) is 2.09. The first-order valence-electron chi connectivity index (χ1n) is 9.98. The van der Waals surface area contributed by atoms with Crippen LogP contribution in [-0.4, -0.2) is 37.6 Å². The fourth-order valence-corrected chi connectivity index (χ4v) is 4.03. The number of aromatic nitrogens is 3. The molecule has 0 radical (unpaired) electrons. The van der Waals surface area contributed by atoms with Crippen LogP contribution in [0.25, 0.3) is 0 Å². The monoisotopic (exact) mass is 367 g/mol. The summed E-state index contributed by atoms with van der Waals surface area (Å²) in [6, 6.07) is 6.30. The second-order valence-electron chi connectivity index (χ2n) is 7.95. The van der Waals surface area contributed by atoms with Crippen molar-refractivity contribution in [2.75, 3.05) is 6.54 Å². The molecule has 0 bridgehead atoms. The molecule has 1 N–H and O–H groups in total. The molecule has 2 amide bonds. The minimum absolute atomic E-state index is 0.0559. The van der Waals surface area contributed by atoms with Gasteiger partial charge in [0, 0.05) is 24.7 Å². The lowest BCUT2D eigenvalue weighted by Crippen LogP contribution is -2.43. The van der Waals surface area contributed by atoms with E-state index in [-0.39, 0.29) is 11.8 Å². The highest BCUT2D eigenvalue weighted by atomic mass is 16.2. The molecule has 7 heteroatoms. The number of carbonyl (C=O) groups is 2. The molecule has 2 fully saturated rings. The van der Waals surface area contributed by atoms with E-state index >= 15 is 0 Å². The van der Waals surface area contributed by atoms with E-state index in [4.69, 9.17) is 0 Å². The fraction of sp³-hybridized carbons (Fsp3) is 0.550. The molecule has 142 valence electrons. The second kappa shape index (κ2) is 6.55. The summed E-state index contributed by atoms with van der Waals surface area (Å²) in [7, 11) is 0. The molecule has 0 unspecified atom stereocenters. The highest BCUT2D eigenvalue weighted by Crippen LogP contribution is 2.36. The lowest BCUT2D eigenvalue weighted by atomic mass is 9.84. The first kappa shape index (κ1) is 16.6. The van der Waals surface area contributed by atoms with Gasteiger partial charge < -0.3 is 14.8 Å².